The van der Waals surface area contributed by atoms with Crippen LogP contribution in [0.25, 0.3) is 16.9 Å². The van der Waals surface area contributed by atoms with Crippen molar-refractivity contribution in [2.75, 3.05) is 11.9 Å². The Bertz CT molecular complexity index is 905. The Morgan fingerprint density at radius 1 is 1.12 bits per heavy atom. The molecule has 0 amide bonds. The molecule has 3 nitrogen and oxygen atoms in total. The Labute approximate surface area is 155 Å². The maximum Gasteiger partial charge on any atom is 0.135 e. The minimum atomic E-state index is -0.602. The number of halogens is 3. The van der Waals surface area contributed by atoms with Gasteiger partial charge in [-0.25, -0.2) is 13.5 Å². The average Bonchev–Trinajstić information content (AvgIpc) is 2.77. The molecule has 134 valence electrons. The average molecular weight is 374 g/mol. The molecule has 26 heavy (non-hydrogen) atoms. The number of fused-ring (bicyclic) bond motifs is 1. The molecule has 0 saturated carbocycles. The van der Waals surface area contributed by atoms with Crippen molar-refractivity contribution in [2.45, 2.75) is 26.2 Å². The summed E-state index contributed by atoms with van der Waals surface area (Å²) in [7, 11) is 0. The van der Waals surface area contributed by atoms with E-state index in [-0.39, 0.29) is 0 Å². The first-order valence-electron chi connectivity index (χ1n) is 8.62. The molecule has 0 saturated heterocycles. The number of hydrogen-bond acceptors (Lipinski definition) is 2. The molecule has 0 unspecified atom stereocenters. The molecule has 1 aromatic heterocycles. The highest BCUT2D eigenvalue weighted by Crippen LogP contribution is 2.36. The van der Waals surface area contributed by atoms with Gasteiger partial charge in [0.2, 0.25) is 0 Å². The highest BCUT2D eigenvalue weighted by Gasteiger charge is 2.24. The van der Waals surface area contributed by atoms with Crippen LogP contribution in [0.5, 0.6) is 0 Å². The molecule has 2 heterocycles. The number of nitrogens with one attached hydrogen (secondary N) is 1. The molecule has 2 aromatic carbocycles. The first-order valence-corrected chi connectivity index (χ1v) is 9.00. The molecular weight excluding hydrogens is 356 g/mol. The Kier molecular flexibility index (Phi) is 4.41. The van der Waals surface area contributed by atoms with Crippen molar-refractivity contribution in [3.05, 3.63) is 64.2 Å². The molecule has 0 fully saturated rings. The summed E-state index contributed by atoms with van der Waals surface area (Å²) in [5.74, 6) is -0.329. The Morgan fingerprint density at radius 2 is 1.96 bits per heavy atom. The normalized spacial score (nSPS) is 13.8. The van der Waals surface area contributed by atoms with Crippen molar-refractivity contribution in [2.24, 2.45) is 0 Å². The van der Waals surface area contributed by atoms with Gasteiger partial charge in [0.25, 0.3) is 0 Å². The van der Waals surface area contributed by atoms with E-state index < -0.39 is 11.6 Å². The first kappa shape index (κ1) is 17.0. The maximum absolute atomic E-state index is 14.4. The standard InChI is InChI=1S/C20H18ClF2N3/c1-12-10-13(21)5-8-18(12)26-20-16(4-2-3-9-24-20)19(25-26)15-7-6-14(22)11-17(15)23/h5-8,10-11,24H,2-4,9H2,1H3. The van der Waals surface area contributed by atoms with E-state index in [0.29, 0.717) is 16.3 Å². The summed E-state index contributed by atoms with van der Waals surface area (Å²) >= 11 is 6.08. The fourth-order valence-corrected chi connectivity index (χ4v) is 3.66. The Morgan fingerprint density at radius 3 is 2.73 bits per heavy atom. The summed E-state index contributed by atoms with van der Waals surface area (Å²) in [6.45, 7) is 2.79. The van der Waals surface area contributed by atoms with Crippen LogP contribution < -0.4 is 5.32 Å². The minimum Gasteiger partial charge on any atom is -0.370 e. The molecule has 1 N–H and O–H groups in total. The minimum absolute atomic E-state index is 0.316. The molecule has 0 radical (unpaired) electrons. The van der Waals surface area contributed by atoms with E-state index in [4.69, 9.17) is 16.7 Å². The number of rotatable bonds is 2. The molecule has 0 bridgehead atoms. The van der Waals surface area contributed by atoms with Crippen LogP contribution in [0.3, 0.4) is 0 Å². The number of benzene rings is 2. The smallest absolute Gasteiger partial charge is 0.135 e. The van der Waals surface area contributed by atoms with Gasteiger partial charge < -0.3 is 5.32 Å². The maximum atomic E-state index is 14.4. The SMILES string of the molecule is Cc1cc(Cl)ccc1-n1nc(-c2ccc(F)cc2F)c2c1NCCCC2. The molecule has 0 aliphatic carbocycles. The second kappa shape index (κ2) is 6.72. The van der Waals surface area contributed by atoms with E-state index in [0.717, 1.165) is 54.5 Å². The predicted molar refractivity (Wildman–Crippen MR) is 100 cm³/mol. The fraction of sp³-hybridized carbons (Fsp3) is 0.250. The van der Waals surface area contributed by atoms with Crippen LogP contribution in [-0.2, 0) is 6.42 Å². The van der Waals surface area contributed by atoms with Gasteiger partial charge in [-0.3, -0.25) is 0 Å². The lowest BCUT2D eigenvalue weighted by Crippen LogP contribution is -2.08. The first-order chi connectivity index (χ1) is 12.5. The molecule has 3 aromatic rings. The fourth-order valence-electron chi connectivity index (χ4n) is 3.43. The number of nitrogens with zero attached hydrogens (tertiary/aromatic N) is 2. The third kappa shape index (κ3) is 2.97. The second-order valence-corrected chi connectivity index (χ2v) is 6.96. The van der Waals surface area contributed by atoms with Gasteiger partial charge in [-0.05, 0) is 62.1 Å². The lowest BCUT2D eigenvalue weighted by atomic mass is 10.0. The number of anilines is 1. The van der Waals surface area contributed by atoms with E-state index in [1.54, 1.807) is 0 Å². The summed E-state index contributed by atoms with van der Waals surface area (Å²) in [5, 5.41) is 8.78. The van der Waals surface area contributed by atoms with Crippen molar-refractivity contribution in [1.82, 2.24) is 9.78 Å². The monoisotopic (exact) mass is 373 g/mol. The molecule has 4 rings (SSSR count). The number of hydrogen-bond donors (Lipinski definition) is 1. The van der Waals surface area contributed by atoms with Crippen LogP contribution in [0, 0.1) is 18.6 Å². The van der Waals surface area contributed by atoms with Crippen LogP contribution >= 0.6 is 11.6 Å². The van der Waals surface area contributed by atoms with E-state index in [2.05, 4.69) is 5.32 Å². The lowest BCUT2D eigenvalue weighted by Gasteiger charge is -2.11. The third-order valence-corrected chi connectivity index (χ3v) is 4.94. The highest BCUT2D eigenvalue weighted by molar-refractivity contribution is 6.30. The van der Waals surface area contributed by atoms with Gasteiger partial charge in [0.1, 0.15) is 23.1 Å². The van der Waals surface area contributed by atoms with Crippen LogP contribution in [0.4, 0.5) is 14.6 Å². The zero-order valence-electron chi connectivity index (χ0n) is 14.3. The second-order valence-electron chi connectivity index (χ2n) is 6.53. The summed E-state index contributed by atoms with van der Waals surface area (Å²) < 4.78 is 29.6. The van der Waals surface area contributed by atoms with Crippen molar-refractivity contribution in [3.63, 3.8) is 0 Å². The van der Waals surface area contributed by atoms with Crippen LogP contribution in [-0.4, -0.2) is 16.3 Å². The Balaban J connectivity index is 1.95. The molecule has 1 aliphatic heterocycles. The van der Waals surface area contributed by atoms with Gasteiger partial charge in [0, 0.05) is 28.8 Å². The number of aromatic nitrogens is 2. The van der Waals surface area contributed by atoms with Gasteiger partial charge in [0.15, 0.2) is 0 Å². The van der Waals surface area contributed by atoms with E-state index in [9.17, 15) is 8.78 Å². The molecule has 0 spiro atoms. The zero-order valence-corrected chi connectivity index (χ0v) is 15.1. The highest BCUT2D eigenvalue weighted by atomic mass is 35.5. The van der Waals surface area contributed by atoms with E-state index >= 15 is 0 Å². The topological polar surface area (TPSA) is 29.9 Å². The number of aryl methyl sites for hydroxylation is 1. The lowest BCUT2D eigenvalue weighted by molar-refractivity contribution is 0.585. The van der Waals surface area contributed by atoms with Crippen LogP contribution in [0.15, 0.2) is 36.4 Å². The zero-order chi connectivity index (χ0) is 18.3. The summed E-state index contributed by atoms with van der Waals surface area (Å²) in [6.07, 6.45) is 2.81. The predicted octanol–water partition coefficient (Wildman–Crippen LogP) is 5.53. The molecule has 6 heteroatoms. The summed E-state index contributed by atoms with van der Waals surface area (Å²) in [5.41, 5.74) is 3.69. The van der Waals surface area contributed by atoms with Gasteiger partial charge >= 0.3 is 0 Å². The quantitative estimate of drug-likeness (QED) is 0.640. The summed E-state index contributed by atoms with van der Waals surface area (Å²) in [6, 6.07) is 9.21. The van der Waals surface area contributed by atoms with Crippen LogP contribution in [0.1, 0.15) is 24.0 Å². The molecule has 0 atom stereocenters. The largest absolute Gasteiger partial charge is 0.370 e. The molecular formula is C20H18ClF2N3. The van der Waals surface area contributed by atoms with Crippen LogP contribution in [0.2, 0.25) is 5.02 Å². The summed E-state index contributed by atoms with van der Waals surface area (Å²) in [4.78, 5) is 0. The van der Waals surface area contributed by atoms with E-state index in [1.807, 2.05) is 29.8 Å². The third-order valence-electron chi connectivity index (χ3n) is 4.70. The Hall–Kier alpha value is -2.40. The van der Waals surface area contributed by atoms with Gasteiger partial charge in [-0.1, -0.05) is 11.6 Å². The van der Waals surface area contributed by atoms with Gasteiger partial charge in [0.05, 0.1) is 5.69 Å². The van der Waals surface area contributed by atoms with E-state index in [1.165, 1.54) is 12.1 Å². The molecule has 1 aliphatic rings. The van der Waals surface area contributed by atoms with Gasteiger partial charge in [-0.15, -0.1) is 0 Å². The van der Waals surface area contributed by atoms with Crippen molar-refractivity contribution in [3.8, 4) is 16.9 Å². The van der Waals surface area contributed by atoms with Crippen molar-refractivity contribution >= 4 is 17.4 Å². The van der Waals surface area contributed by atoms with Gasteiger partial charge in [-0.2, -0.15) is 5.10 Å². The van der Waals surface area contributed by atoms with Crippen molar-refractivity contribution < 1.29 is 8.78 Å². The van der Waals surface area contributed by atoms with Crippen molar-refractivity contribution in [1.29, 1.82) is 0 Å².